The topological polar surface area (TPSA) is 17.8 Å². The van der Waals surface area contributed by atoms with Crippen LogP contribution in [0.3, 0.4) is 0 Å². The molecule has 19 heavy (non-hydrogen) atoms. The Balaban J connectivity index is 2.66. The number of alkyl halides is 4. The number of benzene rings is 1. The van der Waals surface area contributed by atoms with Crippen LogP contribution in [0.1, 0.15) is 23.7 Å². The lowest BCUT2D eigenvalue weighted by Gasteiger charge is -2.14. The zero-order valence-corrected chi connectivity index (χ0v) is 11.0. The number of nitrogens with zero attached hydrogens (tertiary/aromatic N) is 2. The van der Waals surface area contributed by atoms with Crippen LogP contribution in [0.4, 0.5) is 13.2 Å². The summed E-state index contributed by atoms with van der Waals surface area (Å²) in [5.74, 6) is -0.219. The van der Waals surface area contributed by atoms with Crippen molar-refractivity contribution in [3.05, 3.63) is 47.3 Å². The number of aromatic nitrogens is 2. The second-order valence-electron chi connectivity index (χ2n) is 4.04. The third kappa shape index (κ3) is 2.61. The fourth-order valence-electron chi connectivity index (χ4n) is 1.98. The lowest BCUT2D eigenvalue weighted by atomic mass is 10.1. The number of hydrogen-bond acceptors (Lipinski definition) is 1. The molecule has 0 unspecified atom stereocenters. The first-order valence-corrected chi connectivity index (χ1v) is 6.30. The minimum Gasteiger partial charge on any atom is -0.228 e. The van der Waals surface area contributed by atoms with Crippen molar-refractivity contribution in [1.82, 2.24) is 9.78 Å². The van der Waals surface area contributed by atoms with Crippen LogP contribution >= 0.6 is 11.6 Å². The molecule has 0 atom stereocenters. The molecule has 0 amide bonds. The molecule has 0 saturated heterocycles. The van der Waals surface area contributed by atoms with Crippen LogP contribution in [-0.4, -0.2) is 9.78 Å². The molecule has 0 bridgehead atoms. The van der Waals surface area contributed by atoms with Crippen molar-refractivity contribution in [1.29, 1.82) is 0 Å². The van der Waals surface area contributed by atoms with Crippen LogP contribution < -0.4 is 0 Å². The van der Waals surface area contributed by atoms with Gasteiger partial charge in [0.05, 0.1) is 17.8 Å². The second kappa shape index (κ2) is 5.25. The predicted octanol–water partition coefficient (Wildman–Crippen LogP) is 4.19. The van der Waals surface area contributed by atoms with Gasteiger partial charge in [-0.05, 0) is 18.1 Å². The van der Waals surface area contributed by atoms with Gasteiger partial charge in [0.2, 0.25) is 0 Å². The van der Waals surface area contributed by atoms with Crippen LogP contribution in [0.2, 0.25) is 0 Å². The van der Waals surface area contributed by atoms with Gasteiger partial charge in [-0.15, -0.1) is 11.6 Å². The van der Waals surface area contributed by atoms with Crippen molar-refractivity contribution in [2.75, 3.05) is 0 Å². The normalized spacial score (nSPS) is 11.8. The number of rotatable bonds is 3. The first kappa shape index (κ1) is 13.9. The summed E-state index contributed by atoms with van der Waals surface area (Å²) in [7, 11) is 0. The molecule has 1 aromatic carbocycles. The third-order valence-corrected chi connectivity index (χ3v) is 3.15. The molecule has 0 aliphatic heterocycles. The Morgan fingerprint density at radius 3 is 2.47 bits per heavy atom. The summed E-state index contributed by atoms with van der Waals surface area (Å²) in [5.41, 5.74) is 0.425. The zero-order valence-electron chi connectivity index (χ0n) is 10.2. The van der Waals surface area contributed by atoms with Gasteiger partial charge in [-0.1, -0.05) is 25.1 Å². The smallest absolute Gasteiger partial charge is 0.228 e. The highest BCUT2D eigenvalue weighted by molar-refractivity contribution is 6.17. The largest absolute Gasteiger partial charge is 0.433 e. The summed E-state index contributed by atoms with van der Waals surface area (Å²) in [6.07, 6.45) is -2.69. The van der Waals surface area contributed by atoms with Crippen LogP contribution in [-0.2, 0) is 18.5 Å². The average molecular weight is 289 g/mol. The molecule has 0 spiro atoms. The molecule has 1 aromatic heterocycles. The highest BCUT2D eigenvalue weighted by Gasteiger charge is 2.38. The molecule has 6 heteroatoms. The summed E-state index contributed by atoms with van der Waals surface area (Å²) >= 11 is 5.56. The first-order chi connectivity index (χ1) is 8.99. The van der Waals surface area contributed by atoms with Gasteiger partial charge in [0.1, 0.15) is 0 Å². The van der Waals surface area contributed by atoms with Gasteiger partial charge < -0.3 is 0 Å². The van der Waals surface area contributed by atoms with E-state index in [2.05, 4.69) is 5.10 Å². The number of hydrogen-bond donors (Lipinski definition) is 0. The molecule has 1 heterocycles. The Labute approximate surface area is 113 Å². The van der Waals surface area contributed by atoms with Crippen LogP contribution in [0.15, 0.2) is 30.5 Å². The Kier molecular flexibility index (Phi) is 3.85. The molecule has 102 valence electrons. The zero-order chi connectivity index (χ0) is 14.0. The van der Waals surface area contributed by atoms with Gasteiger partial charge in [-0.3, -0.25) is 0 Å². The fourth-order valence-corrected chi connectivity index (χ4v) is 2.18. The van der Waals surface area contributed by atoms with Crippen molar-refractivity contribution in [2.45, 2.75) is 25.4 Å². The molecular formula is C13H12ClF3N2. The van der Waals surface area contributed by atoms with Crippen molar-refractivity contribution >= 4 is 11.6 Å². The molecule has 0 saturated carbocycles. The highest BCUT2D eigenvalue weighted by Crippen LogP contribution is 2.34. The minimum atomic E-state index is -4.48. The van der Waals surface area contributed by atoms with E-state index in [1.165, 1.54) is 6.20 Å². The first-order valence-electron chi connectivity index (χ1n) is 5.77. The summed E-state index contributed by atoms with van der Waals surface area (Å²) < 4.78 is 40.3. The van der Waals surface area contributed by atoms with Crippen LogP contribution in [0, 0.1) is 0 Å². The predicted molar refractivity (Wildman–Crippen MR) is 67.5 cm³/mol. The maximum atomic E-state index is 13.1. The van der Waals surface area contributed by atoms with Crippen molar-refractivity contribution in [2.24, 2.45) is 0 Å². The summed E-state index contributed by atoms with van der Waals surface area (Å²) in [6.45, 7) is 1.89. The molecule has 0 aliphatic rings. The van der Waals surface area contributed by atoms with Gasteiger partial charge in [0.15, 0.2) is 5.69 Å². The fraction of sp³-hybridized carbons (Fsp3) is 0.308. The second-order valence-corrected chi connectivity index (χ2v) is 4.31. The Morgan fingerprint density at radius 2 is 1.89 bits per heavy atom. The van der Waals surface area contributed by atoms with Gasteiger partial charge in [0.25, 0.3) is 0 Å². The molecule has 2 aromatic rings. The van der Waals surface area contributed by atoms with Crippen LogP contribution in [0.5, 0.6) is 0 Å². The van der Waals surface area contributed by atoms with E-state index in [4.69, 9.17) is 11.6 Å². The maximum Gasteiger partial charge on any atom is 0.433 e. The van der Waals surface area contributed by atoms with E-state index in [-0.39, 0.29) is 11.4 Å². The van der Waals surface area contributed by atoms with E-state index < -0.39 is 11.9 Å². The Bertz CT molecular complexity index is 576. The maximum absolute atomic E-state index is 13.1. The van der Waals surface area contributed by atoms with E-state index in [0.29, 0.717) is 12.1 Å². The molecule has 0 aliphatic carbocycles. The molecular weight excluding hydrogens is 277 g/mol. The summed E-state index contributed by atoms with van der Waals surface area (Å²) in [6, 6.07) is 6.90. The van der Waals surface area contributed by atoms with E-state index in [0.717, 1.165) is 10.2 Å². The summed E-state index contributed by atoms with van der Waals surface area (Å²) in [4.78, 5) is 0. The van der Waals surface area contributed by atoms with E-state index in [1.807, 2.05) is 6.92 Å². The molecule has 2 nitrogen and oxygen atoms in total. The third-order valence-electron chi connectivity index (χ3n) is 2.86. The number of aryl methyl sites for hydroxylation is 1. The van der Waals surface area contributed by atoms with Gasteiger partial charge in [-0.25, -0.2) is 4.68 Å². The Hall–Kier alpha value is -1.49. The Morgan fingerprint density at radius 1 is 1.21 bits per heavy atom. The van der Waals surface area contributed by atoms with Gasteiger partial charge >= 0.3 is 6.18 Å². The highest BCUT2D eigenvalue weighted by atomic mass is 35.5. The molecule has 0 fully saturated rings. The van der Waals surface area contributed by atoms with Crippen LogP contribution in [0.25, 0.3) is 5.69 Å². The lowest BCUT2D eigenvalue weighted by Crippen LogP contribution is -2.16. The van der Waals surface area contributed by atoms with Crippen molar-refractivity contribution < 1.29 is 13.2 Å². The summed E-state index contributed by atoms with van der Waals surface area (Å²) in [5, 5.41) is 3.84. The minimum absolute atomic E-state index is 0.0138. The quantitative estimate of drug-likeness (QED) is 0.774. The molecule has 0 N–H and O–H groups in total. The van der Waals surface area contributed by atoms with Crippen molar-refractivity contribution in [3.63, 3.8) is 0 Å². The van der Waals surface area contributed by atoms with E-state index >= 15 is 0 Å². The van der Waals surface area contributed by atoms with E-state index in [9.17, 15) is 13.2 Å². The molecule has 0 radical (unpaired) electrons. The molecule has 2 rings (SSSR count). The van der Waals surface area contributed by atoms with Crippen molar-refractivity contribution in [3.8, 4) is 5.69 Å². The number of para-hydroxylation sites is 1. The number of halogens is 4. The SMILES string of the molecule is CCc1ccccc1-n1ncc(CCl)c1C(F)(F)F. The van der Waals surface area contributed by atoms with Gasteiger partial charge in [-0.2, -0.15) is 18.3 Å². The van der Waals surface area contributed by atoms with E-state index in [1.54, 1.807) is 24.3 Å². The lowest BCUT2D eigenvalue weighted by molar-refractivity contribution is -0.143. The standard InChI is InChI=1S/C13H12ClF3N2/c1-2-9-5-3-4-6-11(9)19-12(13(15,16)17)10(7-14)8-18-19/h3-6,8H,2,7H2,1H3. The monoisotopic (exact) mass is 288 g/mol. The van der Waals surface area contributed by atoms with Gasteiger partial charge in [0, 0.05) is 5.56 Å². The average Bonchev–Trinajstić information content (AvgIpc) is 2.82.